The van der Waals surface area contributed by atoms with Crippen molar-refractivity contribution in [1.82, 2.24) is 25.0 Å². The van der Waals surface area contributed by atoms with Crippen LogP contribution in [0.15, 0.2) is 35.5 Å². The second-order valence-corrected chi connectivity index (χ2v) is 7.15. The zero-order chi connectivity index (χ0) is 17.6. The van der Waals surface area contributed by atoms with E-state index in [0.29, 0.717) is 17.0 Å². The second-order valence-electron chi connectivity index (χ2n) is 6.21. The summed E-state index contributed by atoms with van der Waals surface area (Å²) in [5, 5.41) is 7.65. The molecule has 1 saturated heterocycles. The van der Waals surface area contributed by atoms with Crippen molar-refractivity contribution in [2.45, 2.75) is 31.5 Å². The number of carbonyl (C=O) groups is 1. The summed E-state index contributed by atoms with van der Waals surface area (Å²) in [7, 11) is 0. The van der Waals surface area contributed by atoms with E-state index in [-0.39, 0.29) is 5.91 Å². The zero-order valence-corrected chi connectivity index (χ0v) is 15.6. The molecular formula is C18H25N5OS. The van der Waals surface area contributed by atoms with Gasteiger partial charge < -0.3 is 4.90 Å². The number of hydrogen-bond acceptors (Lipinski definition) is 5. The molecule has 1 N–H and O–H groups in total. The van der Waals surface area contributed by atoms with E-state index >= 15 is 0 Å². The van der Waals surface area contributed by atoms with Gasteiger partial charge in [0.05, 0.1) is 5.75 Å². The summed E-state index contributed by atoms with van der Waals surface area (Å²) in [4.78, 5) is 21.1. The van der Waals surface area contributed by atoms with Gasteiger partial charge in [-0.3, -0.25) is 14.8 Å². The summed E-state index contributed by atoms with van der Waals surface area (Å²) in [5.41, 5.74) is 1.33. The quantitative estimate of drug-likeness (QED) is 0.802. The highest BCUT2D eigenvalue weighted by Crippen LogP contribution is 2.22. The number of benzene rings is 1. The van der Waals surface area contributed by atoms with Crippen LogP contribution >= 0.6 is 11.8 Å². The van der Waals surface area contributed by atoms with Crippen molar-refractivity contribution >= 4 is 17.7 Å². The molecule has 6 nitrogen and oxygen atoms in total. The normalized spacial score (nSPS) is 16.8. The number of carbonyl (C=O) groups excluding carboxylic acids is 1. The standard InChI is InChI=1S/C18H25N5OS/c1-3-16-19-18(21-20-16)25-13-17(24)23-11-9-22(10-12-23)14(2)15-7-5-4-6-8-15/h4-8,14H,3,9-13H2,1-2H3,(H,19,20,21). The van der Waals surface area contributed by atoms with Crippen LogP contribution in [-0.4, -0.2) is 62.8 Å². The Morgan fingerprint density at radius 1 is 1.24 bits per heavy atom. The molecule has 0 aliphatic carbocycles. The largest absolute Gasteiger partial charge is 0.339 e. The predicted octanol–water partition coefficient (Wildman–Crippen LogP) is 2.36. The maximum absolute atomic E-state index is 12.4. The lowest BCUT2D eigenvalue weighted by Gasteiger charge is -2.38. The van der Waals surface area contributed by atoms with Gasteiger partial charge in [-0.15, -0.1) is 5.10 Å². The molecule has 1 aromatic heterocycles. The number of thioether (sulfide) groups is 1. The molecule has 1 atom stereocenters. The van der Waals surface area contributed by atoms with Crippen molar-refractivity contribution in [2.75, 3.05) is 31.9 Å². The van der Waals surface area contributed by atoms with Crippen LogP contribution in [0.2, 0.25) is 0 Å². The third kappa shape index (κ3) is 4.61. The number of piperazine rings is 1. The lowest BCUT2D eigenvalue weighted by atomic mass is 10.1. The SMILES string of the molecule is CCc1nc(SCC(=O)N2CCN(C(C)c3ccccc3)CC2)n[nH]1. The maximum Gasteiger partial charge on any atom is 0.233 e. The highest BCUT2D eigenvalue weighted by atomic mass is 32.2. The van der Waals surface area contributed by atoms with Gasteiger partial charge in [-0.25, -0.2) is 4.98 Å². The van der Waals surface area contributed by atoms with Crippen LogP contribution in [0.4, 0.5) is 0 Å². The molecule has 0 bridgehead atoms. The fourth-order valence-electron chi connectivity index (χ4n) is 3.02. The van der Waals surface area contributed by atoms with Gasteiger partial charge in [-0.05, 0) is 12.5 Å². The third-order valence-electron chi connectivity index (χ3n) is 4.67. The Kier molecular flexibility index (Phi) is 6.09. The minimum Gasteiger partial charge on any atom is -0.339 e. The smallest absolute Gasteiger partial charge is 0.233 e. The molecule has 1 unspecified atom stereocenters. The highest BCUT2D eigenvalue weighted by Gasteiger charge is 2.24. The van der Waals surface area contributed by atoms with E-state index < -0.39 is 0 Å². The van der Waals surface area contributed by atoms with Crippen LogP contribution in [-0.2, 0) is 11.2 Å². The summed E-state index contributed by atoms with van der Waals surface area (Å²) < 4.78 is 0. The molecule has 1 aliphatic heterocycles. The van der Waals surface area contributed by atoms with Crippen molar-refractivity contribution < 1.29 is 4.79 Å². The molecule has 0 spiro atoms. The number of rotatable bonds is 6. The first-order valence-corrected chi connectivity index (χ1v) is 9.76. The number of aryl methyl sites for hydroxylation is 1. The molecule has 25 heavy (non-hydrogen) atoms. The van der Waals surface area contributed by atoms with Crippen molar-refractivity contribution in [1.29, 1.82) is 0 Å². The summed E-state index contributed by atoms with van der Waals surface area (Å²) >= 11 is 1.40. The highest BCUT2D eigenvalue weighted by molar-refractivity contribution is 7.99. The maximum atomic E-state index is 12.4. The fourth-order valence-corrected chi connectivity index (χ4v) is 3.74. The van der Waals surface area contributed by atoms with Gasteiger partial charge in [0.25, 0.3) is 0 Å². The Morgan fingerprint density at radius 2 is 1.96 bits per heavy atom. The summed E-state index contributed by atoms with van der Waals surface area (Å²) in [5.74, 6) is 1.42. The molecule has 3 rings (SSSR count). The molecule has 2 heterocycles. The Morgan fingerprint density at radius 3 is 2.60 bits per heavy atom. The first-order valence-electron chi connectivity index (χ1n) is 8.78. The molecule has 134 valence electrons. The molecule has 0 saturated carbocycles. The lowest BCUT2D eigenvalue weighted by molar-refractivity contribution is -0.130. The van der Waals surface area contributed by atoms with E-state index in [1.807, 2.05) is 17.9 Å². The van der Waals surface area contributed by atoms with Gasteiger partial charge >= 0.3 is 0 Å². The molecule has 2 aromatic rings. The lowest BCUT2D eigenvalue weighted by Crippen LogP contribution is -2.49. The van der Waals surface area contributed by atoms with Gasteiger partial charge in [0, 0.05) is 38.6 Å². The van der Waals surface area contributed by atoms with Gasteiger partial charge in [-0.2, -0.15) is 0 Å². The molecule has 1 aliphatic rings. The number of aromatic amines is 1. The average molecular weight is 359 g/mol. The van der Waals surface area contributed by atoms with Gasteiger partial charge in [-0.1, -0.05) is 49.0 Å². The topological polar surface area (TPSA) is 65.1 Å². The molecular weight excluding hydrogens is 334 g/mol. The van der Waals surface area contributed by atoms with Crippen LogP contribution in [0, 0.1) is 0 Å². The summed E-state index contributed by atoms with van der Waals surface area (Å²) in [6.07, 6.45) is 0.822. The molecule has 1 fully saturated rings. The van der Waals surface area contributed by atoms with Crippen molar-refractivity contribution in [3.8, 4) is 0 Å². The van der Waals surface area contributed by atoms with E-state index in [4.69, 9.17) is 0 Å². The van der Waals surface area contributed by atoms with E-state index in [1.54, 1.807) is 0 Å². The van der Waals surface area contributed by atoms with E-state index in [0.717, 1.165) is 38.4 Å². The van der Waals surface area contributed by atoms with Crippen LogP contribution in [0.25, 0.3) is 0 Å². The minimum atomic E-state index is 0.167. The van der Waals surface area contributed by atoms with Gasteiger partial charge in [0.1, 0.15) is 5.82 Å². The van der Waals surface area contributed by atoms with Crippen molar-refractivity contribution in [3.63, 3.8) is 0 Å². The number of aromatic nitrogens is 3. The molecule has 1 amide bonds. The zero-order valence-electron chi connectivity index (χ0n) is 14.8. The summed E-state index contributed by atoms with van der Waals surface area (Å²) in [6, 6.07) is 10.9. The molecule has 0 radical (unpaired) electrons. The van der Waals surface area contributed by atoms with E-state index in [1.165, 1.54) is 17.3 Å². The number of hydrogen-bond donors (Lipinski definition) is 1. The van der Waals surface area contributed by atoms with Crippen LogP contribution in [0.1, 0.15) is 31.3 Å². The fraction of sp³-hybridized carbons (Fsp3) is 0.500. The van der Waals surface area contributed by atoms with Gasteiger partial charge in [0.2, 0.25) is 11.1 Å². The van der Waals surface area contributed by atoms with Crippen LogP contribution in [0.3, 0.4) is 0 Å². The Labute approximate surface area is 153 Å². The monoisotopic (exact) mass is 359 g/mol. The first kappa shape index (κ1) is 17.9. The van der Waals surface area contributed by atoms with Crippen LogP contribution in [0.5, 0.6) is 0 Å². The number of amides is 1. The van der Waals surface area contributed by atoms with Crippen LogP contribution < -0.4 is 0 Å². The predicted molar refractivity (Wildman–Crippen MR) is 99.5 cm³/mol. The number of nitrogens with one attached hydrogen (secondary N) is 1. The third-order valence-corrected chi connectivity index (χ3v) is 5.50. The second kappa shape index (κ2) is 8.49. The Balaban J connectivity index is 1.46. The first-order chi connectivity index (χ1) is 12.2. The Hall–Kier alpha value is -1.86. The van der Waals surface area contributed by atoms with Gasteiger partial charge in [0.15, 0.2) is 0 Å². The minimum absolute atomic E-state index is 0.167. The Bertz CT molecular complexity index is 682. The summed E-state index contributed by atoms with van der Waals surface area (Å²) in [6.45, 7) is 7.64. The number of nitrogens with zero attached hydrogens (tertiary/aromatic N) is 4. The molecule has 1 aromatic carbocycles. The number of H-pyrrole nitrogens is 1. The van der Waals surface area contributed by atoms with E-state index in [2.05, 4.69) is 51.3 Å². The van der Waals surface area contributed by atoms with E-state index in [9.17, 15) is 4.79 Å². The van der Waals surface area contributed by atoms with Crippen molar-refractivity contribution in [3.05, 3.63) is 41.7 Å². The average Bonchev–Trinajstić information content (AvgIpc) is 3.14. The van der Waals surface area contributed by atoms with Crippen molar-refractivity contribution in [2.24, 2.45) is 0 Å². The molecule has 7 heteroatoms.